The van der Waals surface area contributed by atoms with E-state index in [1.165, 1.54) is 9.80 Å². The minimum atomic E-state index is -1.18. The van der Waals surface area contributed by atoms with Gasteiger partial charge in [0.15, 0.2) is 0 Å². The Hall–Kier alpha value is -4.54. The van der Waals surface area contributed by atoms with Gasteiger partial charge >= 0.3 is 29.8 Å². The van der Waals surface area contributed by atoms with Crippen molar-refractivity contribution in [3.8, 4) is 5.75 Å². The lowest BCUT2D eigenvalue weighted by Gasteiger charge is -2.36. The van der Waals surface area contributed by atoms with E-state index < -0.39 is 65.8 Å². The molecule has 0 radical (unpaired) electrons. The second kappa shape index (κ2) is 22.9. The van der Waals surface area contributed by atoms with E-state index in [2.05, 4.69) is 11.9 Å². The fourth-order valence-corrected chi connectivity index (χ4v) is 5.31. The molecule has 16 nitrogen and oxygen atoms in total. The zero-order chi connectivity index (χ0) is 42.9. The topological polar surface area (TPSA) is 202 Å². The van der Waals surface area contributed by atoms with Crippen LogP contribution in [0.4, 0.5) is 0 Å². The van der Waals surface area contributed by atoms with Crippen LogP contribution in [0.25, 0.3) is 0 Å². The molecule has 0 aliphatic carbocycles. The number of carbonyl (C=O) groups is 6. The number of aliphatic carboxylic acids is 2. The van der Waals surface area contributed by atoms with Gasteiger partial charge in [0.25, 0.3) is 0 Å². The van der Waals surface area contributed by atoms with Crippen LogP contribution < -0.4 is 10.1 Å². The summed E-state index contributed by atoms with van der Waals surface area (Å²) in [5, 5.41) is 22.2. The van der Waals surface area contributed by atoms with Gasteiger partial charge in [-0.3, -0.25) is 43.5 Å². The molecule has 1 aromatic carbocycles. The first-order valence-corrected chi connectivity index (χ1v) is 18.6. The van der Waals surface area contributed by atoms with Crippen molar-refractivity contribution in [3.05, 3.63) is 42.0 Å². The van der Waals surface area contributed by atoms with Gasteiger partial charge in [-0.15, -0.1) is 0 Å². The van der Waals surface area contributed by atoms with Crippen LogP contribution in [0.3, 0.4) is 0 Å². The first-order valence-electron chi connectivity index (χ1n) is 18.6. The van der Waals surface area contributed by atoms with E-state index in [0.29, 0.717) is 30.9 Å². The van der Waals surface area contributed by atoms with Crippen LogP contribution in [-0.4, -0.2) is 149 Å². The highest BCUT2D eigenvalue weighted by molar-refractivity contribution is 5.92. The number of esters is 3. The maximum absolute atomic E-state index is 13.4. The second-order valence-corrected chi connectivity index (χ2v) is 16.6. The molecule has 0 saturated carbocycles. The van der Waals surface area contributed by atoms with Crippen molar-refractivity contribution in [1.82, 2.24) is 20.0 Å². The van der Waals surface area contributed by atoms with Crippen LogP contribution in [-0.2, 0) is 49.4 Å². The minimum Gasteiger partial charge on any atom is -0.494 e. The highest BCUT2D eigenvalue weighted by atomic mass is 16.6. The summed E-state index contributed by atoms with van der Waals surface area (Å²) < 4.78 is 22.4. The summed E-state index contributed by atoms with van der Waals surface area (Å²) in [4.78, 5) is 79.2. The molecule has 0 fully saturated rings. The second-order valence-electron chi connectivity index (χ2n) is 16.6. The number of ether oxygens (including phenoxy) is 4. The molecule has 1 aromatic rings. The van der Waals surface area contributed by atoms with Crippen molar-refractivity contribution >= 4 is 35.8 Å². The molecular formula is C40H64N4O12. The highest BCUT2D eigenvalue weighted by Crippen LogP contribution is 2.19. The van der Waals surface area contributed by atoms with Crippen molar-refractivity contribution in [2.45, 2.75) is 105 Å². The van der Waals surface area contributed by atoms with Crippen molar-refractivity contribution in [1.29, 1.82) is 0 Å². The largest absolute Gasteiger partial charge is 0.494 e. The first kappa shape index (κ1) is 49.5. The Morgan fingerprint density at radius 3 is 1.62 bits per heavy atom. The number of nitrogens with one attached hydrogen (secondary N) is 1. The minimum absolute atomic E-state index is 0.00936. The van der Waals surface area contributed by atoms with Crippen molar-refractivity contribution < 1.29 is 57.9 Å². The van der Waals surface area contributed by atoms with Gasteiger partial charge in [0.2, 0.25) is 5.91 Å². The number of carbonyl (C=O) groups excluding carboxylic acids is 4. The van der Waals surface area contributed by atoms with Gasteiger partial charge in [0.05, 0.1) is 39.3 Å². The molecule has 0 aromatic heterocycles. The van der Waals surface area contributed by atoms with E-state index >= 15 is 0 Å². The van der Waals surface area contributed by atoms with Crippen LogP contribution in [0.15, 0.2) is 36.4 Å². The Balaban J connectivity index is 3.53. The molecule has 0 spiro atoms. The van der Waals surface area contributed by atoms with Gasteiger partial charge in [0.1, 0.15) is 22.6 Å². The van der Waals surface area contributed by atoms with Gasteiger partial charge in [0, 0.05) is 37.8 Å². The number of rotatable bonds is 24. The smallest absolute Gasteiger partial charge is 0.320 e. The lowest BCUT2D eigenvalue weighted by molar-refractivity contribution is -0.159. The first-order chi connectivity index (χ1) is 25.7. The third kappa shape index (κ3) is 24.1. The average Bonchev–Trinajstić information content (AvgIpc) is 2.99. The Morgan fingerprint density at radius 1 is 0.696 bits per heavy atom. The van der Waals surface area contributed by atoms with Crippen LogP contribution in [0, 0.1) is 0 Å². The number of amides is 1. The predicted octanol–water partition coefficient (Wildman–Crippen LogP) is 3.16. The van der Waals surface area contributed by atoms with Crippen molar-refractivity contribution in [2.75, 3.05) is 65.5 Å². The van der Waals surface area contributed by atoms with E-state index in [-0.39, 0.29) is 51.6 Å². The standard InChI is InChI=1S/C40H64N4O12/c1-28(2)37(52)41-17-12-20-53-31-15-13-29(14-16-31)21-30(22-43(24-33(47)48)26-35(50)55-39(6,7)8)44(27-36(51)56-40(9,10)11)19-18-42(23-32(45)46)25-34(49)54-38(3,4)5/h13-16,30H,1,12,17-27H2,2-11H3,(H,41,52)(H,45,46)(H,47,48). The SMILES string of the molecule is C=C(C)C(=O)NCCCOc1ccc(CC(CN(CC(=O)O)CC(=O)OC(C)(C)C)N(CCN(CC(=O)O)CC(=O)OC(C)(C)C)CC(=O)OC(C)(C)C)cc1. The Bertz CT molecular complexity index is 1480. The molecule has 16 heteroatoms. The molecule has 0 aliphatic rings. The molecular weight excluding hydrogens is 728 g/mol. The van der Waals surface area contributed by atoms with Gasteiger partial charge in [-0.25, -0.2) is 0 Å². The van der Waals surface area contributed by atoms with Crippen LogP contribution in [0.2, 0.25) is 0 Å². The molecule has 1 unspecified atom stereocenters. The molecule has 1 atom stereocenters. The normalized spacial score (nSPS) is 12.6. The summed E-state index contributed by atoms with van der Waals surface area (Å²) in [5.74, 6) is -3.86. The van der Waals surface area contributed by atoms with Gasteiger partial charge < -0.3 is 34.5 Å². The Labute approximate surface area is 331 Å². The van der Waals surface area contributed by atoms with Crippen molar-refractivity contribution in [2.24, 2.45) is 0 Å². The summed E-state index contributed by atoms with van der Waals surface area (Å²) in [6.45, 7) is 19.4. The number of carboxylic acid groups (broad SMARTS) is 2. The summed E-state index contributed by atoms with van der Waals surface area (Å²) in [6, 6.07) is 6.54. The third-order valence-corrected chi connectivity index (χ3v) is 7.36. The Kier molecular flexibility index (Phi) is 20.2. The van der Waals surface area contributed by atoms with Crippen LogP contribution >= 0.6 is 0 Å². The van der Waals surface area contributed by atoms with Gasteiger partial charge in [-0.2, -0.15) is 0 Å². The van der Waals surface area contributed by atoms with Crippen LogP contribution in [0.1, 0.15) is 81.2 Å². The van der Waals surface area contributed by atoms with Crippen molar-refractivity contribution in [3.63, 3.8) is 0 Å². The molecule has 1 rings (SSSR count). The number of hydrogen-bond acceptors (Lipinski definition) is 13. The molecule has 0 bridgehead atoms. The fraction of sp³-hybridized carbons (Fsp3) is 0.650. The summed E-state index contributed by atoms with van der Waals surface area (Å²) in [6.07, 6.45) is 0.817. The van der Waals surface area contributed by atoms with E-state index in [0.717, 1.165) is 5.56 Å². The van der Waals surface area contributed by atoms with E-state index in [1.54, 1.807) is 86.3 Å². The monoisotopic (exact) mass is 792 g/mol. The quantitative estimate of drug-likeness (QED) is 0.0596. The lowest BCUT2D eigenvalue weighted by atomic mass is 10.0. The molecule has 0 heterocycles. The molecule has 0 saturated heterocycles. The maximum Gasteiger partial charge on any atom is 0.320 e. The summed E-state index contributed by atoms with van der Waals surface area (Å²) in [5.41, 5.74) is -1.25. The number of hydrogen-bond donors (Lipinski definition) is 3. The molecule has 3 N–H and O–H groups in total. The zero-order valence-electron chi connectivity index (χ0n) is 34.9. The van der Waals surface area contributed by atoms with Gasteiger partial charge in [-0.1, -0.05) is 18.7 Å². The molecule has 316 valence electrons. The Morgan fingerprint density at radius 2 is 1.16 bits per heavy atom. The number of carboxylic acids is 2. The predicted molar refractivity (Wildman–Crippen MR) is 209 cm³/mol. The maximum atomic E-state index is 13.4. The molecule has 1 amide bonds. The molecule has 56 heavy (non-hydrogen) atoms. The fourth-order valence-electron chi connectivity index (χ4n) is 5.31. The van der Waals surface area contributed by atoms with E-state index in [9.17, 15) is 39.0 Å². The van der Waals surface area contributed by atoms with E-state index in [1.807, 2.05) is 12.1 Å². The average molecular weight is 793 g/mol. The summed E-state index contributed by atoms with van der Waals surface area (Å²) >= 11 is 0. The molecule has 0 aliphatic heterocycles. The summed E-state index contributed by atoms with van der Waals surface area (Å²) in [7, 11) is 0. The number of benzene rings is 1. The van der Waals surface area contributed by atoms with Gasteiger partial charge in [-0.05, 0) is 99.8 Å². The number of nitrogens with zero attached hydrogens (tertiary/aromatic N) is 3. The lowest BCUT2D eigenvalue weighted by Crippen LogP contribution is -2.52. The van der Waals surface area contributed by atoms with E-state index in [4.69, 9.17) is 18.9 Å². The highest BCUT2D eigenvalue weighted by Gasteiger charge is 2.30. The van der Waals surface area contributed by atoms with Crippen LogP contribution in [0.5, 0.6) is 5.75 Å². The third-order valence-electron chi connectivity index (χ3n) is 7.36. The zero-order valence-corrected chi connectivity index (χ0v) is 34.9.